The molecule has 0 bridgehead atoms. The number of nitrogens with zero attached hydrogens (tertiary/aromatic N) is 1. The molecule has 3 amide bonds. The first kappa shape index (κ1) is 17.6. The van der Waals surface area contributed by atoms with Crippen LogP contribution in [0.25, 0.3) is 0 Å². The van der Waals surface area contributed by atoms with Gasteiger partial charge in [0.15, 0.2) is 0 Å². The van der Waals surface area contributed by atoms with Gasteiger partial charge in [-0.2, -0.15) is 0 Å². The first-order valence-corrected chi connectivity index (χ1v) is 9.74. The number of amides is 3. The lowest BCUT2D eigenvalue weighted by Gasteiger charge is -2.27. The van der Waals surface area contributed by atoms with E-state index < -0.39 is 6.04 Å². The molecule has 2 aromatic heterocycles. The van der Waals surface area contributed by atoms with E-state index >= 15 is 0 Å². The Bertz CT molecular complexity index is 824. The lowest BCUT2D eigenvalue weighted by Crippen LogP contribution is -2.46. The van der Waals surface area contributed by atoms with Gasteiger partial charge in [-0.25, -0.2) is 9.78 Å². The third kappa shape index (κ3) is 3.74. The maximum atomic E-state index is 12.8. The zero-order valence-corrected chi connectivity index (χ0v) is 15.9. The van der Waals surface area contributed by atoms with E-state index in [1.54, 1.807) is 18.3 Å². The number of carbonyl (C=O) groups is 2. The molecule has 0 radical (unpaired) electrons. The quantitative estimate of drug-likeness (QED) is 0.750. The molecule has 3 rings (SSSR count). The number of hydrogen-bond donors (Lipinski definition) is 3. The van der Waals surface area contributed by atoms with Crippen molar-refractivity contribution in [3.05, 3.63) is 49.2 Å². The second kappa shape index (κ2) is 7.37. The second-order valence-electron chi connectivity index (χ2n) is 5.72. The van der Waals surface area contributed by atoms with Gasteiger partial charge in [0.25, 0.3) is 5.91 Å². The summed E-state index contributed by atoms with van der Waals surface area (Å²) in [5, 5.41) is 11.4. The fraction of sp³-hybridized carbons (Fsp3) is 0.353. The highest BCUT2D eigenvalue weighted by Crippen LogP contribution is 2.30. The molecule has 0 spiro atoms. The molecule has 1 atom stereocenters. The van der Waals surface area contributed by atoms with Crippen LogP contribution in [-0.4, -0.2) is 16.9 Å². The number of rotatable bonds is 5. The number of aromatic nitrogens is 1. The number of allylic oxidation sites excluding steroid dienone is 1. The van der Waals surface area contributed by atoms with Gasteiger partial charge in [0.2, 0.25) is 0 Å². The number of hydrogen-bond acceptors (Lipinski definition) is 5. The fourth-order valence-corrected chi connectivity index (χ4v) is 4.60. The monoisotopic (exact) mass is 376 g/mol. The van der Waals surface area contributed by atoms with Gasteiger partial charge < -0.3 is 16.0 Å². The van der Waals surface area contributed by atoms with Crippen molar-refractivity contribution in [1.29, 1.82) is 0 Å². The standard InChI is InChI=1S/C17H20N4O2S2/c1-4-11-13(25-10(3)20-11)8-18-16(22)14-9(2)19-17(23)21-15(14)12-6-5-7-24-12/h5-7,15H,4,8H2,1-3H3,(H,18,22)(H2,19,21,23)/t15-/m1/s1. The molecule has 25 heavy (non-hydrogen) atoms. The zero-order valence-electron chi connectivity index (χ0n) is 14.3. The fourth-order valence-electron chi connectivity index (χ4n) is 2.85. The average molecular weight is 377 g/mol. The molecule has 0 unspecified atom stereocenters. The van der Waals surface area contributed by atoms with Gasteiger partial charge in [0.1, 0.15) is 0 Å². The van der Waals surface area contributed by atoms with Gasteiger partial charge in [-0.1, -0.05) is 13.0 Å². The summed E-state index contributed by atoms with van der Waals surface area (Å²) in [7, 11) is 0. The molecule has 0 saturated heterocycles. The van der Waals surface area contributed by atoms with Crippen LogP contribution in [0, 0.1) is 6.92 Å². The summed E-state index contributed by atoms with van der Waals surface area (Å²) in [6.45, 7) is 6.22. The Balaban J connectivity index is 1.81. The molecule has 1 aliphatic rings. The minimum atomic E-state index is -0.428. The summed E-state index contributed by atoms with van der Waals surface area (Å²) in [6.07, 6.45) is 0.840. The van der Waals surface area contributed by atoms with E-state index in [2.05, 4.69) is 27.9 Å². The van der Waals surface area contributed by atoms with Gasteiger partial charge >= 0.3 is 6.03 Å². The summed E-state index contributed by atoms with van der Waals surface area (Å²) in [6, 6.07) is 3.11. The predicted octanol–water partition coefficient (Wildman–Crippen LogP) is 3.02. The molecule has 0 fully saturated rings. The molecule has 6 nitrogen and oxygen atoms in total. The maximum absolute atomic E-state index is 12.8. The van der Waals surface area contributed by atoms with Gasteiger partial charge in [0.05, 0.1) is 28.9 Å². The van der Waals surface area contributed by atoms with E-state index in [0.717, 1.165) is 26.9 Å². The molecule has 132 valence electrons. The average Bonchev–Trinajstić information content (AvgIpc) is 3.21. The summed E-state index contributed by atoms with van der Waals surface area (Å²) in [4.78, 5) is 31.1. The lowest BCUT2D eigenvalue weighted by atomic mass is 10.0. The van der Waals surface area contributed by atoms with Crippen LogP contribution in [0.4, 0.5) is 4.79 Å². The number of carbonyl (C=O) groups excluding carboxylic acids is 2. The van der Waals surface area contributed by atoms with Crippen LogP contribution in [0.1, 0.15) is 40.3 Å². The SMILES string of the molecule is CCc1nc(C)sc1CNC(=O)C1=C(C)NC(=O)N[C@@H]1c1cccs1. The van der Waals surface area contributed by atoms with E-state index in [-0.39, 0.29) is 11.9 Å². The molecule has 3 heterocycles. The van der Waals surface area contributed by atoms with E-state index in [4.69, 9.17) is 0 Å². The summed E-state index contributed by atoms with van der Waals surface area (Å²) in [5.41, 5.74) is 2.15. The van der Waals surface area contributed by atoms with Gasteiger partial charge in [-0.3, -0.25) is 4.79 Å². The topological polar surface area (TPSA) is 83.1 Å². The van der Waals surface area contributed by atoms with E-state index in [1.165, 1.54) is 11.3 Å². The van der Waals surface area contributed by atoms with Crippen molar-refractivity contribution in [1.82, 2.24) is 20.9 Å². The van der Waals surface area contributed by atoms with E-state index in [0.29, 0.717) is 17.8 Å². The van der Waals surface area contributed by atoms with Crippen LogP contribution in [0.15, 0.2) is 28.8 Å². The molecule has 3 N–H and O–H groups in total. The zero-order chi connectivity index (χ0) is 18.0. The first-order chi connectivity index (χ1) is 12.0. The second-order valence-corrected chi connectivity index (χ2v) is 7.99. The highest BCUT2D eigenvalue weighted by molar-refractivity contribution is 7.11. The van der Waals surface area contributed by atoms with Crippen LogP contribution in [-0.2, 0) is 17.8 Å². The van der Waals surface area contributed by atoms with Crippen LogP contribution in [0.3, 0.4) is 0 Å². The van der Waals surface area contributed by atoms with Crippen LogP contribution in [0.2, 0.25) is 0 Å². The summed E-state index contributed by atoms with van der Waals surface area (Å²) < 4.78 is 0. The smallest absolute Gasteiger partial charge is 0.319 e. The lowest BCUT2D eigenvalue weighted by molar-refractivity contribution is -0.118. The molecule has 0 aliphatic carbocycles. The van der Waals surface area contributed by atoms with Crippen molar-refractivity contribution in [3.63, 3.8) is 0 Å². The Hall–Kier alpha value is -2.19. The largest absolute Gasteiger partial charge is 0.347 e. The Morgan fingerprint density at radius 1 is 1.40 bits per heavy atom. The highest BCUT2D eigenvalue weighted by Gasteiger charge is 2.31. The van der Waals surface area contributed by atoms with E-state index in [9.17, 15) is 9.59 Å². The highest BCUT2D eigenvalue weighted by atomic mass is 32.1. The van der Waals surface area contributed by atoms with Crippen LogP contribution in [0.5, 0.6) is 0 Å². The van der Waals surface area contributed by atoms with Crippen molar-refractivity contribution < 1.29 is 9.59 Å². The normalized spacial score (nSPS) is 17.2. The van der Waals surface area contributed by atoms with Crippen molar-refractivity contribution in [2.24, 2.45) is 0 Å². The summed E-state index contributed by atoms with van der Waals surface area (Å²) in [5.74, 6) is -0.184. The Kier molecular flexibility index (Phi) is 5.19. The van der Waals surface area contributed by atoms with Crippen LogP contribution >= 0.6 is 22.7 Å². The Morgan fingerprint density at radius 3 is 2.88 bits per heavy atom. The van der Waals surface area contributed by atoms with Gasteiger partial charge in [-0.05, 0) is 31.7 Å². The minimum absolute atomic E-state index is 0.184. The molecule has 2 aromatic rings. The van der Waals surface area contributed by atoms with Crippen molar-refractivity contribution >= 4 is 34.6 Å². The third-order valence-corrected chi connectivity index (χ3v) is 5.92. The maximum Gasteiger partial charge on any atom is 0.319 e. The third-order valence-electron chi connectivity index (χ3n) is 3.97. The molecule has 0 saturated carbocycles. The Morgan fingerprint density at radius 2 is 2.20 bits per heavy atom. The van der Waals surface area contributed by atoms with E-state index in [1.807, 2.05) is 24.4 Å². The minimum Gasteiger partial charge on any atom is -0.347 e. The number of thiazole rings is 1. The van der Waals surface area contributed by atoms with Gasteiger partial charge in [-0.15, -0.1) is 22.7 Å². The Labute approximate surface area is 154 Å². The molecule has 1 aliphatic heterocycles. The molecule has 8 heteroatoms. The van der Waals surface area contributed by atoms with Crippen molar-refractivity contribution in [2.45, 2.75) is 39.8 Å². The molecular formula is C17H20N4O2S2. The number of urea groups is 1. The van der Waals surface area contributed by atoms with Crippen molar-refractivity contribution in [2.75, 3.05) is 0 Å². The van der Waals surface area contributed by atoms with Crippen LogP contribution < -0.4 is 16.0 Å². The predicted molar refractivity (Wildman–Crippen MR) is 99.5 cm³/mol. The summed E-state index contributed by atoms with van der Waals surface area (Å²) >= 11 is 3.12. The van der Waals surface area contributed by atoms with Crippen molar-refractivity contribution in [3.8, 4) is 0 Å². The first-order valence-electron chi connectivity index (χ1n) is 8.04. The number of thiophene rings is 1. The van der Waals surface area contributed by atoms with Gasteiger partial charge in [0, 0.05) is 15.5 Å². The molecular weight excluding hydrogens is 356 g/mol. The number of aryl methyl sites for hydroxylation is 2. The molecule has 0 aromatic carbocycles. The number of nitrogens with one attached hydrogen (secondary N) is 3.